The summed E-state index contributed by atoms with van der Waals surface area (Å²) in [6, 6.07) is 7.43. The summed E-state index contributed by atoms with van der Waals surface area (Å²) >= 11 is 0. The van der Waals surface area contributed by atoms with Crippen molar-refractivity contribution in [3.8, 4) is 0 Å². The Morgan fingerprint density at radius 3 is 2.38 bits per heavy atom. The van der Waals surface area contributed by atoms with E-state index in [0.29, 0.717) is 5.56 Å². The van der Waals surface area contributed by atoms with Gasteiger partial charge in [-0.25, -0.2) is 5.14 Å². The Labute approximate surface area is 93.3 Å². The molecule has 0 spiro atoms. The zero-order valence-electron chi connectivity index (χ0n) is 8.33. The van der Waals surface area contributed by atoms with Gasteiger partial charge in [-0.15, -0.1) is 0 Å². The first-order chi connectivity index (χ1) is 7.38. The summed E-state index contributed by atoms with van der Waals surface area (Å²) < 4.78 is 23.3. The van der Waals surface area contributed by atoms with Crippen LogP contribution in [0.1, 0.15) is 5.56 Å². The zero-order valence-corrected chi connectivity index (χ0v) is 9.15. The van der Waals surface area contributed by atoms with Crippen molar-refractivity contribution < 1.29 is 18.3 Å². The summed E-state index contributed by atoms with van der Waals surface area (Å²) in [6.45, 7) is 0. The first-order valence-electron chi connectivity index (χ1n) is 4.45. The van der Waals surface area contributed by atoms with Gasteiger partial charge in [-0.1, -0.05) is 30.3 Å². The van der Waals surface area contributed by atoms with Crippen LogP contribution in [0.5, 0.6) is 0 Å². The number of benzene rings is 1. The number of nitrogens with one attached hydrogen (secondary N) is 1. The zero-order chi connectivity index (χ0) is 12.2. The van der Waals surface area contributed by atoms with Gasteiger partial charge in [0.15, 0.2) is 0 Å². The minimum Gasteiger partial charge on any atom is -0.480 e. The molecular weight excluding hydrogens is 232 g/mol. The fourth-order valence-electron chi connectivity index (χ4n) is 1.23. The van der Waals surface area contributed by atoms with E-state index in [1.54, 1.807) is 30.3 Å². The lowest BCUT2D eigenvalue weighted by molar-refractivity contribution is -0.138. The van der Waals surface area contributed by atoms with Crippen molar-refractivity contribution >= 4 is 16.2 Å². The summed E-state index contributed by atoms with van der Waals surface area (Å²) in [5.74, 6) is -1.27. The van der Waals surface area contributed by atoms with Gasteiger partial charge >= 0.3 is 5.97 Å². The van der Waals surface area contributed by atoms with Gasteiger partial charge in [0.2, 0.25) is 0 Å². The number of hydrogen-bond acceptors (Lipinski definition) is 3. The van der Waals surface area contributed by atoms with Crippen LogP contribution in [0, 0.1) is 0 Å². The molecule has 1 atom stereocenters. The first-order valence-corrected chi connectivity index (χ1v) is 6.00. The Bertz CT molecular complexity index is 458. The third-order valence-corrected chi connectivity index (χ3v) is 2.50. The number of nitrogens with two attached hydrogens (primary N) is 1. The van der Waals surface area contributed by atoms with E-state index in [9.17, 15) is 13.2 Å². The van der Waals surface area contributed by atoms with Crippen molar-refractivity contribution in [3.05, 3.63) is 35.9 Å². The fourth-order valence-corrected chi connectivity index (χ4v) is 1.81. The molecule has 16 heavy (non-hydrogen) atoms. The summed E-state index contributed by atoms with van der Waals surface area (Å²) in [5, 5.41) is 13.5. The Hall–Kier alpha value is -1.44. The lowest BCUT2D eigenvalue weighted by Crippen LogP contribution is -2.45. The molecule has 0 saturated carbocycles. The minimum atomic E-state index is -4.02. The van der Waals surface area contributed by atoms with Gasteiger partial charge in [0.1, 0.15) is 6.04 Å². The molecule has 4 N–H and O–H groups in total. The van der Waals surface area contributed by atoms with Crippen LogP contribution in [0.3, 0.4) is 0 Å². The van der Waals surface area contributed by atoms with Crippen LogP contribution >= 0.6 is 0 Å². The van der Waals surface area contributed by atoms with Crippen LogP contribution in [0.25, 0.3) is 0 Å². The molecule has 0 saturated heterocycles. The van der Waals surface area contributed by atoms with Crippen LogP contribution in [0.4, 0.5) is 0 Å². The largest absolute Gasteiger partial charge is 0.480 e. The van der Waals surface area contributed by atoms with E-state index in [0.717, 1.165) is 0 Å². The highest BCUT2D eigenvalue weighted by Crippen LogP contribution is 2.03. The van der Waals surface area contributed by atoms with Gasteiger partial charge in [-0.2, -0.15) is 13.1 Å². The number of carboxylic acids is 1. The maximum atomic E-state index is 10.8. The normalized spacial score (nSPS) is 13.3. The second kappa shape index (κ2) is 5.06. The molecule has 0 aromatic heterocycles. The maximum Gasteiger partial charge on any atom is 0.322 e. The van der Waals surface area contributed by atoms with Crippen LogP contribution < -0.4 is 9.86 Å². The molecule has 0 amide bonds. The Morgan fingerprint density at radius 2 is 1.94 bits per heavy atom. The van der Waals surface area contributed by atoms with Crippen molar-refractivity contribution in [1.29, 1.82) is 0 Å². The minimum absolute atomic E-state index is 0.0482. The van der Waals surface area contributed by atoms with Gasteiger partial charge in [-0.3, -0.25) is 4.79 Å². The molecule has 0 aliphatic rings. The summed E-state index contributed by atoms with van der Waals surface area (Å²) in [5.41, 5.74) is 0.714. The van der Waals surface area contributed by atoms with Gasteiger partial charge in [0, 0.05) is 0 Å². The topological polar surface area (TPSA) is 109 Å². The van der Waals surface area contributed by atoms with Crippen LogP contribution in [-0.4, -0.2) is 25.5 Å². The quantitative estimate of drug-likeness (QED) is 0.647. The van der Waals surface area contributed by atoms with E-state index in [4.69, 9.17) is 10.2 Å². The van der Waals surface area contributed by atoms with Crippen LogP contribution in [0.15, 0.2) is 30.3 Å². The highest BCUT2D eigenvalue weighted by Gasteiger charge is 2.21. The predicted molar refractivity (Wildman–Crippen MR) is 57.8 cm³/mol. The molecule has 0 heterocycles. The molecule has 6 nitrogen and oxygen atoms in total. The molecule has 0 aliphatic carbocycles. The van der Waals surface area contributed by atoms with Gasteiger partial charge < -0.3 is 5.11 Å². The van der Waals surface area contributed by atoms with Gasteiger partial charge in [-0.05, 0) is 12.0 Å². The first kappa shape index (κ1) is 12.6. The number of aliphatic carboxylic acids is 1. The fraction of sp³-hybridized carbons (Fsp3) is 0.222. The highest BCUT2D eigenvalue weighted by atomic mass is 32.2. The van der Waals surface area contributed by atoms with E-state index < -0.39 is 22.2 Å². The Balaban J connectivity index is 2.77. The number of carbonyl (C=O) groups is 1. The summed E-state index contributed by atoms with van der Waals surface area (Å²) in [6.07, 6.45) is 0.0482. The van der Waals surface area contributed by atoms with Gasteiger partial charge in [0.05, 0.1) is 0 Å². The van der Waals surface area contributed by atoms with Crippen molar-refractivity contribution in [2.75, 3.05) is 0 Å². The molecular formula is C9H12N2O4S. The number of carboxylic acid groups (broad SMARTS) is 1. The average molecular weight is 244 g/mol. The standard InChI is InChI=1S/C9H12N2O4S/c10-16(14,15)11-8(9(12)13)6-7-4-2-1-3-5-7/h1-5,8,11H,6H2,(H,12,13)(H2,10,14,15). The molecule has 0 radical (unpaired) electrons. The monoisotopic (exact) mass is 244 g/mol. The molecule has 1 aromatic carbocycles. The van der Waals surface area contributed by atoms with E-state index in [1.807, 2.05) is 4.72 Å². The van der Waals surface area contributed by atoms with Crippen LogP contribution in [0.2, 0.25) is 0 Å². The smallest absolute Gasteiger partial charge is 0.322 e. The highest BCUT2D eigenvalue weighted by molar-refractivity contribution is 7.87. The van der Waals surface area contributed by atoms with E-state index in [2.05, 4.69) is 0 Å². The molecule has 7 heteroatoms. The third kappa shape index (κ3) is 4.39. The van der Waals surface area contributed by atoms with E-state index >= 15 is 0 Å². The molecule has 88 valence electrons. The van der Waals surface area contributed by atoms with Crippen molar-refractivity contribution in [2.45, 2.75) is 12.5 Å². The summed E-state index contributed by atoms with van der Waals surface area (Å²) in [4.78, 5) is 10.8. The molecule has 0 fully saturated rings. The van der Waals surface area contributed by atoms with Crippen molar-refractivity contribution in [3.63, 3.8) is 0 Å². The SMILES string of the molecule is NS(=O)(=O)NC(Cc1ccccc1)C(=O)O. The Morgan fingerprint density at radius 1 is 1.38 bits per heavy atom. The summed E-state index contributed by atoms with van der Waals surface area (Å²) in [7, 11) is -4.02. The second-order valence-corrected chi connectivity index (χ2v) is 4.57. The number of hydrogen-bond donors (Lipinski definition) is 3. The van der Waals surface area contributed by atoms with Crippen molar-refractivity contribution in [1.82, 2.24) is 4.72 Å². The van der Waals surface area contributed by atoms with E-state index in [1.165, 1.54) is 0 Å². The molecule has 1 aromatic rings. The predicted octanol–water partition coefficient (Wildman–Crippen LogP) is -0.525. The molecule has 1 rings (SSSR count). The molecule has 0 aliphatic heterocycles. The molecule has 0 bridgehead atoms. The lowest BCUT2D eigenvalue weighted by Gasteiger charge is -2.12. The van der Waals surface area contributed by atoms with Gasteiger partial charge in [0.25, 0.3) is 10.2 Å². The van der Waals surface area contributed by atoms with Crippen LogP contribution in [-0.2, 0) is 21.4 Å². The average Bonchev–Trinajstić information content (AvgIpc) is 2.16. The second-order valence-electron chi connectivity index (χ2n) is 3.24. The lowest BCUT2D eigenvalue weighted by atomic mass is 10.1. The third-order valence-electron chi connectivity index (χ3n) is 1.89. The number of rotatable bonds is 5. The van der Waals surface area contributed by atoms with E-state index in [-0.39, 0.29) is 6.42 Å². The molecule has 1 unspecified atom stereocenters. The maximum absolute atomic E-state index is 10.8. The van der Waals surface area contributed by atoms with Crippen molar-refractivity contribution in [2.24, 2.45) is 5.14 Å². The Kier molecular flexibility index (Phi) is 3.99.